The van der Waals surface area contributed by atoms with Crippen LogP contribution in [0.2, 0.25) is 0 Å². The smallest absolute Gasteiger partial charge is 0.302 e. The molecular weight excluding hydrogens is 90.0 g/mol. The van der Waals surface area contributed by atoms with Crippen LogP contribution < -0.4 is 0 Å². The van der Waals surface area contributed by atoms with Crippen LogP contribution in [0.15, 0.2) is 11.8 Å². The van der Waals surface area contributed by atoms with Crippen molar-refractivity contribution in [1.29, 1.82) is 0 Å². The van der Waals surface area contributed by atoms with Gasteiger partial charge in [0, 0.05) is 0 Å². The van der Waals surface area contributed by atoms with E-state index in [1.807, 2.05) is 0 Å². The molecule has 0 aliphatic heterocycles. The van der Waals surface area contributed by atoms with Gasteiger partial charge in [0.05, 0.1) is 0 Å². The number of hydrogen-bond acceptors (Lipinski definition) is 1. The third-order valence-corrected chi connectivity index (χ3v) is 0.284. The van der Waals surface area contributed by atoms with E-state index in [-0.39, 0.29) is 0 Å². The summed E-state index contributed by atoms with van der Waals surface area (Å²) in [5.41, 5.74) is 0. The van der Waals surface area contributed by atoms with Gasteiger partial charge in [0.15, 0.2) is 5.83 Å². The Hall–Kier alpha value is -0.600. The largest absolute Gasteiger partial charge is 0.485 e. The molecule has 0 unspecified atom stereocenters. The highest BCUT2D eigenvalue weighted by Crippen LogP contribution is 1.99. The summed E-state index contributed by atoms with van der Waals surface area (Å²) in [5.74, 6) is -1.19. The predicted molar refractivity (Wildman–Crippen MR) is 17.5 cm³/mol. The lowest BCUT2D eigenvalue weighted by Crippen LogP contribution is -1.67. The quantitative estimate of drug-likeness (QED) is 0.452. The van der Waals surface area contributed by atoms with Crippen LogP contribution in [0.3, 0.4) is 0 Å². The third-order valence-electron chi connectivity index (χ3n) is 0.284. The average molecular weight is 94.1 g/mol. The van der Waals surface area contributed by atoms with Gasteiger partial charge in [-0.3, -0.25) is 0 Å². The average Bonchev–Trinajstić information content (AvgIpc) is 1.36. The number of aliphatic hydroxyl groups excluding tert-OH is 1. The number of halogens is 2. The van der Waals surface area contributed by atoms with E-state index in [1.54, 1.807) is 0 Å². The zero-order valence-electron chi connectivity index (χ0n) is 3.20. The summed E-state index contributed by atoms with van der Waals surface area (Å²) in [7, 11) is 0. The highest BCUT2D eigenvalue weighted by atomic mass is 19.2. The maximum Gasteiger partial charge on any atom is 0.302 e. The van der Waals surface area contributed by atoms with Gasteiger partial charge in [-0.1, -0.05) is 0 Å². The van der Waals surface area contributed by atoms with Gasteiger partial charge in [0.2, 0.25) is 0 Å². The van der Waals surface area contributed by atoms with Crippen molar-refractivity contribution in [3.63, 3.8) is 0 Å². The standard InChI is InChI=1S/C3H4F2O/c1-2(4)3(5)6/h6H,1H3/b3-2+. The third kappa shape index (κ3) is 1.69. The van der Waals surface area contributed by atoms with Crippen LogP contribution in [0, 0.1) is 0 Å². The van der Waals surface area contributed by atoms with Gasteiger partial charge in [-0.15, -0.1) is 0 Å². The normalized spacial score (nSPS) is 13.8. The lowest BCUT2D eigenvalue weighted by molar-refractivity contribution is 0.260. The zero-order valence-corrected chi connectivity index (χ0v) is 3.20. The molecule has 0 bridgehead atoms. The molecule has 0 atom stereocenters. The van der Waals surface area contributed by atoms with Crippen molar-refractivity contribution in [2.45, 2.75) is 6.92 Å². The Morgan fingerprint density at radius 3 is 1.67 bits per heavy atom. The Morgan fingerprint density at radius 1 is 1.50 bits per heavy atom. The Bertz CT molecular complexity index is 58.9. The number of aliphatic hydroxyl groups is 1. The van der Waals surface area contributed by atoms with E-state index in [1.165, 1.54) is 0 Å². The van der Waals surface area contributed by atoms with Crippen LogP contribution >= 0.6 is 0 Å². The fourth-order valence-electron chi connectivity index (χ4n) is 0. The SMILES string of the molecule is C/C(F)=C(\O)F. The first-order chi connectivity index (χ1) is 2.64. The van der Waals surface area contributed by atoms with Gasteiger partial charge in [0.25, 0.3) is 0 Å². The summed E-state index contributed by atoms with van der Waals surface area (Å²) in [4.78, 5) is 0. The number of hydrogen-bond donors (Lipinski definition) is 1. The molecule has 0 aromatic rings. The second kappa shape index (κ2) is 1.74. The molecule has 0 aliphatic rings. The molecule has 6 heavy (non-hydrogen) atoms. The van der Waals surface area contributed by atoms with Crippen molar-refractivity contribution in [2.24, 2.45) is 0 Å². The van der Waals surface area contributed by atoms with Crippen LogP contribution in [-0.4, -0.2) is 5.11 Å². The summed E-state index contributed by atoms with van der Waals surface area (Å²) in [6, 6.07) is -1.74. The first kappa shape index (κ1) is 5.40. The fraction of sp³-hybridized carbons (Fsp3) is 0.333. The maximum absolute atomic E-state index is 11.1. The molecular formula is C3H4F2O. The molecule has 0 radical (unpaired) electrons. The van der Waals surface area contributed by atoms with Gasteiger partial charge in [-0.2, -0.15) is 4.39 Å². The topological polar surface area (TPSA) is 20.2 Å². The van der Waals surface area contributed by atoms with Crippen molar-refractivity contribution >= 4 is 0 Å². The van der Waals surface area contributed by atoms with E-state index in [0.717, 1.165) is 6.92 Å². The minimum absolute atomic E-state index is 0.829. The molecule has 0 fully saturated rings. The van der Waals surface area contributed by atoms with Crippen molar-refractivity contribution in [1.82, 2.24) is 0 Å². The lowest BCUT2D eigenvalue weighted by Gasteiger charge is -1.77. The predicted octanol–water partition coefficient (Wildman–Crippen LogP) is 1.67. The Balaban J connectivity index is 3.68. The summed E-state index contributed by atoms with van der Waals surface area (Å²) >= 11 is 0. The number of rotatable bonds is 0. The molecule has 0 aromatic heterocycles. The maximum atomic E-state index is 11.1. The lowest BCUT2D eigenvalue weighted by atomic mass is 10.7. The molecule has 0 aromatic carbocycles. The van der Waals surface area contributed by atoms with Gasteiger partial charge in [0.1, 0.15) is 0 Å². The number of allylic oxidation sites excluding steroid dienone is 1. The van der Waals surface area contributed by atoms with Crippen LogP contribution in [0.4, 0.5) is 8.78 Å². The molecule has 1 N–H and O–H groups in total. The molecule has 0 spiro atoms. The minimum atomic E-state index is -1.74. The van der Waals surface area contributed by atoms with Crippen LogP contribution in [0.5, 0.6) is 0 Å². The summed E-state index contributed by atoms with van der Waals surface area (Å²) in [5, 5.41) is 7.47. The van der Waals surface area contributed by atoms with Gasteiger partial charge in [-0.25, -0.2) is 4.39 Å². The Labute approximate surface area is 33.9 Å². The van der Waals surface area contributed by atoms with Crippen LogP contribution in [-0.2, 0) is 0 Å². The van der Waals surface area contributed by atoms with Crippen molar-refractivity contribution in [2.75, 3.05) is 0 Å². The first-order valence-corrected chi connectivity index (χ1v) is 1.35. The highest BCUT2D eigenvalue weighted by molar-refractivity contribution is 4.83. The van der Waals surface area contributed by atoms with E-state index in [9.17, 15) is 8.78 Å². The fourth-order valence-corrected chi connectivity index (χ4v) is 0. The van der Waals surface area contributed by atoms with Gasteiger partial charge in [-0.05, 0) is 6.92 Å². The summed E-state index contributed by atoms with van der Waals surface area (Å²) in [6.07, 6.45) is 0. The van der Waals surface area contributed by atoms with E-state index < -0.39 is 11.8 Å². The van der Waals surface area contributed by atoms with Crippen LogP contribution in [0.25, 0.3) is 0 Å². The summed E-state index contributed by atoms with van der Waals surface area (Å²) in [6.45, 7) is 0.829. The van der Waals surface area contributed by atoms with E-state index in [0.29, 0.717) is 0 Å². The molecule has 0 amide bonds. The second-order valence-corrected chi connectivity index (χ2v) is 0.824. The molecule has 0 saturated heterocycles. The monoisotopic (exact) mass is 94.0 g/mol. The van der Waals surface area contributed by atoms with E-state index in [4.69, 9.17) is 5.11 Å². The molecule has 36 valence electrons. The van der Waals surface area contributed by atoms with E-state index >= 15 is 0 Å². The molecule has 0 saturated carbocycles. The summed E-state index contributed by atoms with van der Waals surface area (Å²) < 4.78 is 22.0. The highest BCUT2D eigenvalue weighted by Gasteiger charge is 1.90. The van der Waals surface area contributed by atoms with Gasteiger partial charge < -0.3 is 5.11 Å². The van der Waals surface area contributed by atoms with E-state index in [2.05, 4.69) is 0 Å². The Morgan fingerprint density at radius 2 is 1.67 bits per heavy atom. The van der Waals surface area contributed by atoms with Crippen molar-refractivity contribution in [3.8, 4) is 0 Å². The Kier molecular flexibility index (Phi) is 1.57. The zero-order chi connectivity index (χ0) is 5.15. The van der Waals surface area contributed by atoms with Crippen molar-refractivity contribution in [3.05, 3.63) is 11.8 Å². The first-order valence-electron chi connectivity index (χ1n) is 1.35. The molecule has 3 heteroatoms. The van der Waals surface area contributed by atoms with Crippen molar-refractivity contribution < 1.29 is 13.9 Å². The molecule has 0 rings (SSSR count). The molecule has 1 nitrogen and oxygen atoms in total. The second-order valence-electron chi connectivity index (χ2n) is 0.824. The van der Waals surface area contributed by atoms with Crippen LogP contribution in [0.1, 0.15) is 6.92 Å². The molecule has 0 heterocycles. The minimum Gasteiger partial charge on any atom is -0.485 e. The molecule has 0 aliphatic carbocycles. The van der Waals surface area contributed by atoms with Gasteiger partial charge >= 0.3 is 6.01 Å².